The van der Waals surface area contributed by atoms with Gasteiger partial charge in [-0.3, -0.25) is 4.79 Å². The van der Waals surface area contributed by atoms with Gasteiger partial charge in [-0.15, -0.1) is 23.2 Å². The van der Waals surface area contributed by atoms with Crippen molar-refractivity contribution in [3.63, 3.8) is 0 Å². The topological polar surface area (TPSA) is 52.6 Å². The molecule has 1 aliphatic carbocycles. The van der Waals surface area contributed by atoms with Crippen LogP contribution in [0.5, 0.6) is 0 Å². The van der Waals surface area contributed by atoms with E-state index in [1.807, 2.05) is 0 Å². The van der Waals surface area contributed by atoms with Crippen LogP contribution in [0.3, 0.4) is 0 Å². The van der Waals surface area contributed by atoms with Crippen LogP contribution in [-0.2, 0) is 20.9 Å². The molecule has 0 saturated heterocycles. The Morgan fingerprint density at radius 3 is 2.25 bits per heavy atom. The molecule has 1 aliphatic rings. The molecule has 0 aromatic heterocycles. The maximum atomic E-state index is 11.9. The Kier molecular flexibility index (Phi) is 3.98. The molecule has 0 aliphatic heterocycles. The van der Waals surface area contributed by atoms with Crippen molar-refractivity contribution in [1.82, 2.24) is 0 Å². The lowest BCUT2D eigenvalue weighted by atomic mass is 10.1. The molecule has 1 aromatic carbocycles. The van der Waals surface area contributed by atoms with Crippen LogP contribution < -0.4 is 0 Å². The number of benzene rings is 1. The molecule has 0 amide bonds. The lowest BCUT2D eigenvalue weighted by Crippen LogP contribution is -2.21. The molecule has 1 fully saturated rings. The monoisotopic (exact) mass is 316 g/mol. The molecule has 0 bridgehead atoms. The second-order valence-electron chi connectivity index (χ2n) is 4.98. The number of methoxy groups -OCH3 is 1. The molecule has 0 radical (unpaired) electrons. The number of hydrogen-bond acceptors (Lipinski definition) is 4. The molecule has 1 atom stereocenters. The third kappa shape index (κ3) is 2.76. The van der Waals surface area contributed by atoms with E-state index in [9.17, 15) is 9.59 Å². The number of alkyl halides is 2. The maximum Gasteiger partial charge on any atom is 0.337 e. The van der Waals surface area contributed by atoms with Crippen LogP contribution in [-0.4, -0.2) is 23.4 Å². The summed E-state index contributed by atoms with van der Waals surface area (Å²) in [6, 6.07) is 6.62. The van der Waals surface area contributed by atoms with Crippen LogP contribution in [0.25, 0.3) is 0 Å². The van der Waals surface area contributed by atoms with Crippen molar-refractivity contribution in [3.05, 3.63) is 35.4 Å². The largest absolute Gasteiger partial charge is 0.465 e. The molecule has 1 aromatic rings. The zero-order chi connectivity index (χ0) is 15.0. The van der Waals surface area contributed by atoms with Crippen LogP contribution in [0.1, 0.15) is 29.3 Å². The first kappa shape index (κ1) is 15.1. The Balaban J connectivity index is 1.92. The third-order valence-electron chi connectivity index (χ3n) is 3.45. The van der Waals surface area contributed by atoms with Gasteiger partial charge in [-0.05, 0) is 24.6 Å². The fourth-order valence-corrected chi connectivity index (χ4v) is 2.47. The fraction of sp³-hybridized carbons (Fsp3) is 0.429. The number of esters is 2. The number of hydrogen-bond donors (Lipinski definition) is 0. The summed E-state index contributed by atoms with van der Waals surface area (Å²) in [6.07, 6.45) is 0.392. The van der Waals surface area contributed by atoms with E-state index in [0.717, 1.165) is 5.56 Å². The van der Waals surface area contributed by atoms with E-state index in [0.29, 0.717) is 12.0 Å². The van der Waals surface area contributed by atoms with E-state index >= 15 is 0 Å². The van der Waals surface area contributed by atoms with E-state index in [4.69, 9.17) is 27.9 Å². The van der Waals surface area contributed by atoms with Crippen LogP contribution in [0.2, 0.25) is 0 Å². The standard InChI is InChI=1S/C14H14Cl2O4/c1-13(8-14(13,15)16)12(18)20-7-9-3-5-10(6-4-9)11(17)19-2/h3-6H,7-8H2,1-2H3. The molecule has 20 heavy (non-hydrogen) atoms. The molecule has 4 nitrogen and oxygen atoms in total. The van der Waals surface area contributed by atoms with Gasteiger partial charge in [0.25, 0.3) is 0 Å². The van der Waals surface area contributed by atoms with Crippen molar-refractivity contribution in [2.75, 3.05) is 7.11 Å². The molecular weight excluding hydrogens is 303 g/mol. The van der Waals surface area contributed by atoms with Gasteiger partial charge in [0.2, 0.25) is 0 Å². The van der Waals surface area contributed by atoms with Crippen molar-refractivity contribution in [2.24, 2.45) is 5.41 Å². The van der Waals surface area contributed by atoms with Crippen LogP contribution in [0.4, 0.5) is 0 Å². The van der Waals surface area contributed by atoms with Crippen LogP contribution in [0, 0.1) is 5.41 Å². The Bertz CT molecular complexity index is 539. The number of ether oxygens (including phenoxy) is 2. The molecule has 6 heteroatoms. The Morgan fingerprint density at radius 2 is 1.80 bits per heavy atom. The molecule has 2 rings (SSSR count). The Hall–Kier alpha value is -1.26. The van der Waals surface area contributed by atoms with E-state index in [1.165, 1.54) is 7.11 Å². The first-order valence-electron chi connectivity index (χ1n) is 6.02. The lowest BCUT2D eigenvalue weighted by Gasteiger charge is -2.12. The molecule has 0 heterocycles. The van der Waals surface area contributed by atoms with Gasteiger partial charge >= 0.3 is 11.9 Å². The van der Waals surface area contributed by atoms with Crippen molar-refractivity contribution < 1.29 is 19.1 Å². The van der Waals surface area contributed by atoms with Gasteiger partial charge in [-0.2, -0.15) is 0 Å². The summed E-state index contributed by atoms with van der Waals surface area (Å²) in [5, 5.41) is 0. The van der Waals surface area contributed by atoms with Crippen molar-refractivity contribution in [1.29, 1.82) is 0 Å². The highest BCUT2D eigenvalue weighted by molar-refractivity contribution is 6.53. The van der Waals surface area contributed by atoms with Gasteiger partial charge in [0.15, 0.2) is 0 Å². The smallest absolute Gasteiger partial charge is 0.337 e. The minimum atomic E-state index is -1.03. The van der Waals surface area contributed by atoms with Gasteiger partial charge in [0, 0.05) is 6.42 Å². The highest BCUT2D eigenvalue weighted by atomic mass is 35.5. The lowest BCUT2D eigenvalue weighted by molar-refractivity contribution is -0.150. The molecule has 1 saturated carbocycles. The van der Waals surface area contributed by atoms with E-state index in [2.05, 4.69) is 4.74 Å². The van der Waals surface area contributed by atoms with Crippen molar-refractivity contribution in [2.45, 2.75) is 24.3 Å². The third-order valence-corrected chi connectivity index (χ3v) is 4.55. The first-order valence-corrected chi connectivity index (χ1v) is 6.78. The second-order valence-corrected chi connectivity index (χ2v) is 6.46. The van der Waals surface area contributed by atoms with Gasteiger partial charge in [-0.1, -0.05) is 12.1 Å². The van der Waals surface area contributed by atoms with Crippen LogP contribution in [0.15, 0.2) is 24.3 Å². The molecular formula is C14H14Cl2O4. The zero-order valence-corrected chi connectivity index (χ0v) is 12.6. The summed E-state index contributed by atoms with van der Waals surface area (Å²) in [5.74, 6) is -0.826. The van der Waals surface area contributed by atoms with Crippen molar-refractivity contribution in [3.8, 4) is 0 Å². The molecule has 0 N–H and O–H groups in total. The predicted octanol–water partition coefficient (Wildman–Crippen LogP) is 3.10. The molecule has 1 unspecified atom stereocenters. The second kappa shape index (κ2) is 5.26. The first-order chi connectivity index (χ1) is 9.30. The number of carbonyl (C=O) groups is 2. The summed E-state index contributed by atoms with van der Waals surface area (Å²) < 4.78 is 8.76. The normalized spacial score (nSPS) is 23.0. The summed E-state index contributed by atoms with van der Waals surface area (Å²) in [6.45, 7) is 1.79. The summed E-state index contributed by atoms with van der Waals surface area (Å²) in [7, 11) is 1.32. The van der Waals surface area contributed by atoms with E-state index < -0.39 is 21.7 Å². The molecule has 0 spiro atoms. The average Bonchev–Trinajstić information content (AvgIpc) is 2.96. The quantitative estimate of drug-likeness (QED) is 0.632. The van der Waals surface area contributed by atoms with Crippen molar-refractivity contribution >= 4 is 35.1 Å². The number of halogens is 2. The van der Waals surface area contributed by atoms with Crippen LogP contribution >= 0.6 is 23.2 Å². The Labute approximate surface area is 127 Å². The van der Waals surface area contributed by atoms with Gasteiger partial charge in [-0.25, -0.2) is 4.79 Å². The van der Waals surface area contributed by atoms with E-state index in [1.54, 1.807) is 31.2 Å². The summed E-state index contributed by atoms with van der Waals surface area (Å²) in [5.41, 5.74) is 0.379. The fourth-order valence-electron chi connectivity index (χ4n) is 1.78. The minimum Gasteiger partial charge on any atom is -0.465 e. The number of carbonyl (C=O) groups excluding carboxylic acids is 2. The highest BCUT2D eigenvalue weighted by Crippen LogP contribution is 2.64. The summed E-state index contributed by atoms with van der Waals surface area (Å²) >= 11 is 11.8. The van der Waals surface area contributed by atoms with E-state index in [-0.39, 0.29) is 6.61 Å². The summed E-state index contributed by atoms with van der Waals surface area (Å²) in [4.78, 5) is 23.1. The van der Waals surface area contributed by atoms with Gasteiger partial charge < -0.3 is 9.47 Å². The highest BCUT2D eigenvalue weighted by Gasteiger charge is 2.69. The number of rotatable bonds is 4. The average molecular weight is 317 g/mol. The van der Waals surface area contributed by atoms with Gasteiger partial charge in [0.05, 0.1) is 12.7 Å². The minimum absolute atomic E-state index is 0.111. The zero-order valence-electron chi connectivity index (χ0n) is 11.1. The maximum absolute atomic E-state index is 11.9. The Morgan fingerprint density at radius 1 is 1.25 bits per heavy atom. The SMILES string of the molecule is COC(=O)c1ccc(COC(=O)C2(C)CC2(Cl)Cl)cc1. The molecule has 108 valence electrons. The van der Waals surface area contributed by atoms with Gasteiger partial charge in [0.1, 0.15) is 16.4 Å². The predicted molar refractivity (Wildman–Crippen MR) is 74.7 cm³/mol.